The Hall–Kier alpha value is -1.96. The second-order valence-electron chi connectivity index (χ2n) is 4.21. The molecule has 0 aliphatic rings. The summed E-state index contributed by atoms with van der Waals surface area (Å²) < 4.78 is 45.0. The molecule has 2 amide bonds. The summed E-state index contributed by atoms with van der Waals surface area (Å²) in [6, 6.07) is 4.32. The van der Waals surface area contributed by atoms with E-state index in [2.05, 4.69) is 21.2 Å². The van der Waals surface area contributed by atoms with Crippen molar-refractivity contribution in [3.05, 3.63) is 52.1 Å². The third kappa shape index (κ3) is 3.57. The van der Waals surface area contributed by atoms with Gasteiger partial charge in [-0.25, -0.2) is 18.0 Å². The van der Waals surface area contributed by atoms with Gasteiger partial charge in [0.15, 0.2) is 22.1 Å². The topological polar surface area (TPSA) is 45.5 Å². The molecule has 0 aliphatic heterocycles. The summed E-state index contributed by atoms with van der Waals surface area (Å²) in [5.74, 6) is -3.90. The summed E-state index contributed by atoms with van der Waals surface area (Å²) in [6.45, 7) is 0.128. The van der Waals surface area contributed by atoms with Crippen molar-refractivity contribution in [1.82, 2.24) is 4.90 Å². The Morgan fingerprint density at radius 1 is 1.24 bits per heavy atom. The van der Waals surface area contributed by atoms with E-state index in [1.807, 2.05) is 0 Å². The van der Waals surface area contributed by atoms with Crippen LogP contribution in [0.4, 0.5) is 23.7 Å². The molecule has 0 radical (unpaired) electrons. The molecule has 0 fully saturated rings. The molecule has 0 atom stereocenters. The average molecular weight is 363 g/mol. The molecule has 8 heteroatoms. The predicted octanol–water partition coefficient (Wildman–Crippen LogP) is 4.12. The number of halogens is 4. The van der Waals surface area contributed by atoms with Crippen molar-refractivity contribution in [3.8, 4) is 0 Å². The maximum atomic E-state index is 13.4. The highest BCUT2D eigenvalue weighted by atomic mass is 79.9. The number of anilines is 1. The minimum absolute atomic E-state index is 0.128. The number of amides is 2. The normalized spacial score (nSPS) is 10.5. The average Bonchev–Trinajstić information content (AvgIpc) is 2.84. The second-order valence-corrected chi connectivity index (χ2v) is 5.00. The van der Waals surface area contributed by atoms with Gasteiger partial charge in [0, 0.05) is 7.05 Å². The first-order chi connectivity index (χ1) is 9.88. The Balaban J connectivity index is 2.05. The Morgan fingerprint density at radius 3 is 2.57 bits per heavy atom. The van der Waals surface area contributed by atoms with Gasteiger partial charge in [0.25, 0.3) is 0 Å². The molecule has 0 spiro atoms. The molecule has 1 heterocycles. The highest BCUT2D eigenvalue weighted by molar-refractivity contribution is 9.10. The Morgan fingerprint density at radius 2 is 1.95 bits per heavy atom. The quantitative estimate of drug-likeness (QED) is 0.834. The first-order valence-electron chi connectivity index (χ1n) is 5.78. The van der Waals surface area contributed by atoms with Crippen LogP contribution in [-0.2, 0) is 6.54 Å². The molecular formula is C13H10BrF3N2O2. The van der Waals surface area contributed by atoms with Crippen molar-refractivity contribution < 1.29 is 22.4 Å². The molecule has 21 heavy (non-hydrogen) atoms. The van der Waals surface area contributed by atoms with E-state index < -0.39 is 29.2 Å². The number of hydrogen-bond donors (Lipinski definition) is 1. The zero-order valence-corrected chi connectivity index (χ0v) is 12.4. The molecule has 0 bridgehead atoms. The molecule has 1 aromatic carbocycles. The third-order valence-electron chi connectivity index (χ3n) is 2.65. The van der Waals surface area contributed by atoms with Gasteiger partial charge in [-0.1, -0.05) is 0 Å². The highest BCUT2D eigenvalue weighted by Crippen LogP contribution is 2.20. The summed E-state index contributed by atoms with van der Waals surface area (Å²) >= 11 is 3.12. The minimum atomic E-state index is -1.63. The first-order valence-corrected chi connectivity index (χ1v) is 6.57. The molecule has 2 rings (SSSR count). The Bertz CT molecular complexity index is 675. The van der Waals surface area contributed by atoms with Crippen LogP contribution in [0.15, 0.2) is 33.4 Å². The molecule has 2 aromatic rings. The number of benzene rings is 1. The number of urea groups is 1. The monoisotopic (exact) mass is 362 g/mol. The van der Waals surface area contributed by atoms with Crippen molar-refractivity contribution in [1.29, 1.82) is 0 Å². The molecular weight excluding hydrogens is 353 g/mol. The van der Waals surface area contributed by atoms with Gasteiger partial charge in [-0.05, 0) is 40.2 Å². The number of carbonyl (C=O) groups is 1. The molecule has 0 aliphatic carbocycles. The van der Waals surface area contributed by atoms with Crippen molar-refractivity contribution in [2.24, 2.45) is 0 Å². The summed E-state index contributed by atoms with van der Waals surface area (Å²) in [5.41, 5.74) is -0.439. The molecule has 4 nitrogen and oxygen atoms in total. The van der Waals surface area contributed by atoms with Crippen LogP contribution in [0, 0.1) is 17.5 Å². The molecule has 1 N–H and O–H groups in total. The first kappa shape index (κ1) is 15.4. The summed E-state index contributed by atoms with van der Waals surface area (Å²) in [4.78, 5) is 13.1. The fraction of sp³-hybridized carbons (Fsp3) is 0.154. The minimum Gasteiger partial charge on any atom is -0.452 e. The molecule has 0 unspecified atom stereocenters. The van der Waals surface area contributed by atoms with E-state index in [0.29, 0.717) is 10.4 Å². The van der Waals surface area contributed by atoms with Crippen LogP contribution >= 0.6 is 15.9 Å². The van der Waals surface area contributed by atoms with E-state index in [1.165, 1.54) is 11.9 Å². The number of nitrogens with one attached hydrogen (secondary N) is 1. The van der Waals surface area contributed by atoms with E-state index in [9.17, 15) is 18.0 Å². The van der Waals surface area contributed by atoms with Gasteiger partial charge >= 0.3 is 6.03 Å². The third-order valence-corrected chi connectivity index (χ3v) is 3.07. The number of nitrogens with zero attached hydrogens (tertiary/aromatic N) is 1. The van der Waals surface area contributed by atoms with Crippen molar-refractivity contribution in [2.75, 3.05) is 12.4 Å². The van der Waals surface area contributed by atoms with Gasteiger partial charge in [0.05, 0.1) is 12.2 Å². The van der Waals surface area contributed by atoms with Crippen LogP contribution < -0.4 is 5.32 Å². The van der Waals surface area contributed by atoms with Crippen LogP contribution in [-0.4, -0.2) is 18.0 Å². The van der Waals surface area contributed by atoms with Gasteiger partial charge in [0.1, 0.15) is 5.76 Å². The molecule has 0 saturated carbocycles. The summed E-state index contributed by atoms with van der Waals surface area (Å²) in [7, 11) is 1.45. The van der Waals surface area contributed by atoms with Gasteiger partial charge in [-0.15, -0.1) is 0 Å². The fourth-order valence-electron chi connectivity index (χ4n) is 1.58. The lowest BCUT2D eigenvalue weighted by atomic mass is 10.3. The summed E-state index contributed by atoms with van der Waals surface area (Å²) in [6.07, 6.45) is 0. The second kappa shape index (κ2) is 6.21. The highest BCUT2D eigenvalue weighted by Gasteiger charge is 2.17. The van der Waals surface area contributed by atoms with E-state index >= 15 is 0 Å². The summed E-state index contributed by atoms with van der Waals surface area (Å²) in [5, 5.41) is 2.16. The maximum Gasteiger partial charge on any atom is 0.322 e. The van der Waals surface area contributed by atoms with Crippen LogP contribution in [0.2, 0.25) is 0 Å². The van der Waals surface area contributed by atoms with E-state index in [4.69, 9.17) is 4.42 Å². The lowest BCUT2D eigenvalue weighted by Crippen LogP contribution is -2.31. The molecule has 0 saturated heterocycles. The van der Waals surface area contributed by atoms with Crippen LogP contribution in [0.3, 0.4) is 0 Å². The van der Waals surface area contributed by atoms with Crippen molar-refractivity contribution in [2.45, 2.75) is 6.54 Å². The molecule has 1 aromatic heterocycles. The fourth-order valence-corrected chi connectivity index (χ4v) is 1.92. The SMILES string of the molecule is CN(Cc1ccc(Br)o1)C(=O)Nc1ccc(F)c(F)c1F. The van der Waals surface area contributed by atoms with E-state index in [1.54, 1.807) is 12.1 Å². The Labute approximate surface area is 126 Å². The van der Waals surface area contributed by atoms with Crippen molar-refractivity contribution >= 4 is 27.6 Å². The number of rotatable bonds is 3. The van der Waals surface area contributed by atoms with Gasteiger partial charge in [-0.3, -0.25) is 0 Å². The van der Waals surface area contributed by atoms with Crippen molar-refractivity contribution in [3.63, 3.8) is 0 Å². The largest absolute Gasteiger partial charge is 0.452 e. The maximum absolute atomic E-state index is 13.4. The zero-order chi connectivity index (χ0) is 15.6. The number of furan rings is 1. The zero-order valence-electron chi connectivity index (χ0n) is 10.8. The molecule has 112 valence electrons. The van der Waals surface area contributed by atoms with E-state index in [-0.39, 0.29) is 6.54 Å². The smallest absolute Gasteiger partial charge is 0.322 e. The van der Waals surface area contributed by atoms with Crippen LogP contribution in [0.25, 0.3) is 0 Å². The lowest BCUT2D eigenvalue weighted by Gasteiger charge is -2.17. The van der Waals surface area contributed by atoms with Gasteiger partial charge < -0.3 is 14.6 Å². The lowest BCUT2D eigenvalue weighted by molar-refractivity contribution is 0.216. The van der Waals surface area contributed by atoms with E-state index in [0.717, 1.165) is 12.1 Å². The Kier molecular flexibility index (Phi) is 4.56. The van der Waals surface area contributed by atoms with Crippen LogP contribution in [0.1, 0.15) is 5.76 Å². The van der Waals surface area contributed by atoms with Gasteiger partial charge in [-0.2, -0.15) is 0 Å². The standard InChI is InChI=1S/C13H10BrF3N2O2/c1-19(6-7-2-5-10(14)21-7)13(20)18-9-4-3-8(15)11(16)12(9)17/h2-5H,6H2,1H3,(H,18,20). The number of hydrogen-bond acceptors (Lipinski definition) is 2. The predicted molar refractivity (Wildman–Crippen MR) is 73.2 cm³/mol. The van der Waals surface area contributed by atoms with Crippen LogP contribution in [0.5, 0.6) is 0 Å². The van der Waals surface area contributed by atoms with Gasteiger partial charge in [0.2, 0.25) is 0 Å². The number of carbonyl (C=O) groups excluding carboxylic acids is 1.